The maximum Gasteiger partial charge on any atom is 0.0967 e. The number of piperazine rings is 1. The molecule has 0 amide bonds. The van der Waals surface area contributed by atoms with E-state index >= 15 is 0 Å². The van der Waals surface area contributed by atoms with Crippen LogP contribution in [0.2, 0.25) is 0 Å². The van der Waals surface area contributed by atoms with Crippen molar-refractivity contribution in [2.24, 2.45) is 7.05 Å². The Hall–Kier alpha value is -0.940. The summed E-state index contributed by atoms with van der Waals surface area (Å²) in [4.78, 5) is 2.58. The third-order valence-electron chi connectivity index (χ3n) is 4.38. The van der Waals surface area contributed by atoms with E-state index in [1.54, 1.807) is 4.68 Å². The first-order chi connectivity index (χ1) is 9.07. The second kappa shape index (κ2) is 6.01. The Morgan fingerprint density at radius 3 is 2.84 bits per heavy atom. The van der Waals surface area contributed by atoms with Gasteiger partial charge in [0.2, 0.25) is 0 Å². The fraction of sp³-hybridized carbons (Fsp3) is 0.857. The van der Waals surface area contributed by atoms with Crippen molar-refractivity contribution in [2.75, 3.05) is 13.1 Å². The lowest BCUT2D eigenvalue weighted by atomic mass is 9.91. The first-order valence-electron chi connectivity index (χ1n) is 7.41. The van der Waals surface area contributed by atoms with Gasteiger partial charge >= 0.3 is 0 Å². The van der Waals surface area contributed by atoms with Gasteiger partial charge in [-0.15, -0.1) is 5.10 Å². The minimum absolute atomic E-state index is 0.224. The monoisotopic (exact) mass is 265 g/mol. The van der Waals surface area contributed by atoms with Crippen LogP contribution in [0, 0.1) is 0 Å². The highest BCUT2D eigenvalue weighted by Gasteiger charge is 2.36. The molecule has 2 atom stereocenters. The molecule has 2 heterocycles. The highest BCUT2D eigenvalue weighted by atomic mass is 15.4. The maximum atomic E-state index is 4.23. The lowest BCUT2D eigenvalue weighted by Crippen LogP contribution is -2.62. The summed E-state index contributed by atoms with van der Waals surface area (Å²) in [6, 6.07) is 0.612. The van der Waals surface area contributed by atoms with Crippen LogP contribution >= 0.6 is 0 Å². The van der Waals surface area contributed by atoms with E-state index in [9.17, 15) is 0 Å². The molecule has 0 aliphatic carbocycles. The molecule has 19 heavy (non-hydrogen) atoms. The zero-order valence-electron chi connectivity index (χ0n) is 12.7. The number of aromatic nitrogens is 3. The molecule has 108 valence electrons. The minimum Gasteiger partial charge on any atom is -0.311 e. The van der Waals surface area contributed by atoms with Gasteiger partial charge in [0.05, 0.1) is 5.69 Å². The van der Waals surface area contributed by atoms with Gasteiger partial charge < -0.3 is 5.32 Å². The van der Waals surface area contributed by atoms with E-state index in [0.717, 1.165) is 31.7 Å². The molecule has 2 rings (SSSR count). The molecule has 1 aromatic heterocycles. The number of aryl methyl sites for hydroxylation is 1. The highest BCUT2D eigenvalue weighted by Crippen LogP contribution is 2.25. The third-order valence-corrected chi connectivity index (χ3v) is 4.38. The standard InChI is InChI=1S/C14H27N5/c1-5-7-12-9-19(14(3,6-2)11-15-12)10-13-8-18(4)17-16-13/h8,12,15H,5-7,9-11H2,1-4H3. The van der Waals surface area contributed by atoms with Crippen LogP contribution in [0.15, 0.2) is 6.20 Å². The van der Waals surface area contributed by atoms with E-state index in [0.29, 0.717) is 6.04 Å². The van der Waals surface area contributed by atoms with Crippen molar-refractivity contribution < 1.29 is 0 Å². The first-order valence-corrected chi connectivity index (χ1v) is 7.41. The molecule has 0 spiro atoms. The van der Waals surface area contributed by atoms with Gasteiger partial charge in [0.15, 0.2) is 0 Å². The molecule has 0 radical (unpaired) electrons. The van der Waals surface area contributed by atoms with Crippen LogP contribution in [0.25, 0.3) is 0 Å². The molecule has 1 aliphatic rings. The molecule has 5 heteroatoms. The summed E-state index contributed by atoms with van der Waals surface area (Å²) < 4.78 is 1.78. The zero-order chi connectivity index (χ0) is 13.9. The van der Waals surface area contributed by atoms with Crippen molar-refractivity contribution in [1.82, 2.24) is 25.2 Å². The summed E-state index contributed by atoms with van der Waals surface area (Å²) in [6.07, 6.45) is 5.66. The summed E-state index contributed by atoms with van der Waals surface area (Å²) in [7, 11) is 1.92. The fourth-order valence-electron chi connectivity index (χ4n) is 2.84. The number of nitrogens with one attached hydrogen (secondary N) is 1. The largest absolute Gasteiger partial charge is 0.311 e. The minimum atomic E-state index is 0.224. The van der Waals surface area contributed by atoms with Crippen LogP contribution < -0.4 is 5.32 Å². The molecular weight excluding hydrogens is 238 g/mol. The normalized spacial score (nSPS) is 28.7. The predicted octanol–water partition coefficient (Wildman–Crippen LogP) is 1.56. The smallest absolute Gasteiger partial charge is 0.0967 e. The molecule has 1 fully saturated rings. The summed E-state index contributed by atoms with van der Waals surface area (Å²) in [6.45, 7) is 9.94. The summed E-state index contributed by atoms with van der Waals surface area (Å²) in [5, 5.41) is 12.0. The molecular formula is C14H27N5. The van der Waals surface area contributed by atoms with E-state index in [1.807, 2.05) is 13.2 Å². The molecule has 1 aromatic rings. The van der Waals surface area contributed by atoms with Crippen LogP contribution in [-0.2, 0) is 13.6 Å². The second-order valence-corrected chi connectivity index (χ2v) is 5.98. The van der Waals surface area contributed by atoms with Gasteiger partial charge in [-0.1, -0.05) is 25.5 Å². The molecule has 0 bridgehead atoms. The third kappa shape index (κ3) is 3.34. The van der Waals surface area contributed by atoms with Gasteiger partial charge in [0.25, 0.3) is 0 Å². The van der Waals surface area contributed by atoms with Gasteiger partial charge in [-0.25, -0.2) is 0 Å². The summed E-state index contributed by atoms with van der Waals surface area (Å²) >= 11 is 0. The molecule has 1 N–H and O–H groups in total. The quantitative estimate of drug-likeness (QED) is 0.877. The zero-order valence-corrected chi connectivity index (χ0v) is 12.7. The topological polar surface area (TPSA) is 46.0 Å². The highest BCUT2D eigenvalue weighted by molar-refractivity contribution is 5.00. The Labute approximate surface area is 116 Å². The predicted molar refractivity (Wildman–Crippen MR) is 76.8 cm³/mol. The molecule has 1 aliphatic heterocycles. The van der Waals surface area contributed by atoms with Gasteiger partial charge in [-0.2, -0.15) is 0 Å². The number of hydrogen-bond donors (Lipinski definition) is 1. The fourth-order valence-corrected chi connectivity index (χ4v) is 2.84. The Morgan fingerprint density at radius 2 is 2.26 bits per heavy atom. The van der Waals surface area contributed by atoms with Crippen LogP contribution in [0.3, 0.4) is 0 Å². The van der Waals surface area contributed by atoms with E-state index in [-0.39, 0.29) is 5.54 Å². The van der Waals surface area contributed by atoms with E-state index in [1.165, 1.54) is 12.8 Å². The van der Waals surface area contributed by atoms with Gasteiger partial charge in [0, 0.05) is 44.5 Å². The molecule has 5 nitrogen and oxygen atoms in total. The Bertz CT molecular complexity index is 402. The van der Waals surface area contributed by atoms with E-state index in [2.05, 4.69) is 41.3 Å². The van der Waals surface area contributed by atoms with Crippen molar-refractivity contribution in [3.8, 4) is 0 Å². The second-order valence-electron chi connectivity index (χ2n) is 5.98. The van der Waals surface area contributed by atoms with Gasteiger partial charge in [0.1, 0.15) is 0 Å². The van der Waals surface area contributed by atoms with E-state index < -0.39 is 0 Å². The van der Waals surface area contributed by atoms with Crippen molar-refractivity contribution in [3.63, 3.8) is 0 Å². The number of nitrogens with zero attached hydrogens (tertiary/aromatic N) is 4. The SMILES string of the molecule is CCCC1CN(Cc2cn(C)nn2)C(C)(CC)CN1. The van der Waals surface area contributed by atoms with Gasteiger partial charge in [-0.3, -0.25) is 9.58 Å². The van der Waals surface area contributed by atoms with Crippen LogP contribution in [-0.4, -0.2) is 44.6 Å². The van der Waals surface area contributed by atoms with Crippen LogP contribution in [0.5, 0.6) is 0 Å². The van der Waals surface area contributed by atoms with Crippen LogP contribution in [0.4, 0.5) is 0 Å². The van der Waals surface area contributed by atoms with E-state index in [4.69, 9.17) is 0 Å². The van der Waals surface area contributed by atoms with Crippen molar-refractivity contribution in [3.05, 3.63) is 11.9 Å². The summed E-state index contributed by atoms with van der Waals surface area (Å²) in [5.74, 6) is 0. The summed E-state index contributed by atoms with van der Waals surface area (Å²) in [5.41, 5.74) is 1.29. The Balaban J connectivity index is 2.07. The number of hydrogen-bond acceptors (Lipinski definition) is 4. The van der Waals surface area contributed by atoms with Crippen molar-refractivity contribution in [2.45, 2.75) is 58.2 Å². The van der Waals surface area contributed by atoms with Crippen LogP contribution in [0.1, 0.15) is 45.7 Å². The van der Waals surface area contributed by atoms with Crippen molar-refractivity contribution in [1.29, 1.82) is 0 Å². The molecule has 0 saturated carbocycles. The maximum absolute atomic E-state index is 4.23. The average Bonchev–Trinajstić information content (AvgIpc) is 2.80. The first kappa shape index (κ1) is 14.5. The van der Waals surface area contributed by atoms with Crippen molar-refractivity contribution >= 4 is 0 Å². The lowest BCUT2D eigenvalue weighted by Gasteiger charge is -2.47. The lowest BCUT2D eigenvalue weighted by molar-refractivity contribution is 0.0386. The average molecular weight is 265 g/mol. The molecule has 1 saturated heterocycles. The van der Waals surface area contributed by atoms with Gasteiger partial charge in [-0.05, 0) is 19.8 Å². The molecule has 0 aromatic carbocycles. The Morgan fingerprint density at radius 1 is 1.47 bits per heavy atom. The molecule has 2 unspecified atom stereocenters. The number of rotatable bonds is 5. The Kier molecular flexibility index (Phi) is 4.58.